The molecule has 1 unspecified atom stereocenters. The van der Waals surface area contributed by atoms with E-state index < -0.39 is 0 Å². The number of rotatable bonds is 7. The van der Waals surface area contributed by atoms with Gasteiger partial charge in [0.1, 0.15) is 5.75 Å². The lowest BCUT2D eigenvalue weighted by atomic mass is 10.0. The molecule has 0 radical (unpaired) electrons. The summed E-state index contributed by atoms with van der Waals surface area (Å²) < 4.78 is 5.24. The minimum atomic E-state index is 0.0565. The van der Waals surface area contributed by atoms with E-state index in [0.29, 0.717) is 6.42 Å². The Morgan fingerprint density at radius 3 is 2.08 bits per heavy atom. The van der Waals surface area contributed by atoms with E-state index in [0.717, 1.165) is 21.8 Å². The third-order valence-corrected chi connectivity index (χ3v) is 5.24. The summed E-state index contributed by atoms with van der Waals surface area (Å²) in [5.41, 5.74) is 1.88. The number of ketones is 1. The Morgan fingerprint density at radius 1 is 0.880 bits per heavy atom. The van der Waals surface area contributed by atoms with Gasteiger partial charge in [-0.25, -0.2) is 0 Å². The summed E-state index contributed by atoms with van der Waals surface area (Å²) in [4.78, 5) is 13.9. The number of carbonyl (C=O) groups is 1. The Bertz CT molecular complexity index is 798. The minimum Gasteiger partial charge on any atom is -0.497 e. The molecule has 0 saturated carbocycles. The largest absolute Gasteiger partial charge is 0.497 e. The normalized spacial score (nSPS) is 11.7. The predicted molar refractivity (Wildman–Crippen MR) is 103 cm³/mol. The molecule has 2 nitrogen and oxygen atoms in total. The van der Waals surface area contributed by atoms with Gasteiger partial charge in [0.25, 0.3) is 0 Å². The fourth-order valence-electron chi connectivity index (χ4n) is 2.62. The van der Waals surface area contributed by atoms with Crippen LogP contribution in [0.5, 0.6) is 5.75 Å². The number of methoxy groups -OCH3 is 1. The summed E-state index contributed by atoms with van der Waals surface area (Å²) in [7, 11) is 1.66. The first-order valence-electron chi connectivity index (χ1n) is 8.20. The highest BCUT2D eigenvalue weighted by Gasteiger charge is 2.18. The molecule has 3 heteroatoms. The minimum absolute atomic E-state index is 0.0565. The van der Waals surface area contributed by atoms with Crippen molar-refractivity contribution in [1.82, 2.24) is 0 Å². The second kappa shape index (κ2) is 8.54. The van der Waals surface area contributed by atoms with Gasteiger partial charge in [-0.3, -0.25) is 4.79 Å². The van der Waals surface area contributed by atoms with Crippen molar-refractivity contribution in [2.45, 2.75) is 16.6 Å². The highest BCUT2D eigenvalue weighted by molar-refractivity contribution is 7.99. The lowest BCUT2D eigenvalue weighted by Gasteiger charge is -2.17. The molecule has 25 heavy (non-hydrogen) atoms. The number of hydrogen-bond donors (Lipinski definition) is 0. The van der Waals surface area contributed by atoms with Gasteiger partial charge < -0.3 is 4.74 Å². The Balaban J connectivity index is 1.84. The van der Waals surface area contributed by atoms with Crippen LogP contribution >= 0.6 is 11.8 Å². The number of benzene rings is 3. The van der Waals surface area contributed by atoms with Gasteiger partial charge in [0.2, 0.25) is 0 Å². The lowest BCUT2D eigenvalue weighted by molar-refractivity contribution is 0.0982. The number of hydrogen-bond acceptors (Lipinski definition) is 3. The van der Waals surface area contributed by atoms with E-state index in [1.807, 2.05) is 72.8 Å². The summed E-state index contributed by atoms with van der Waals surface area (Å²) in [6.07, 6.45) is 0.454. The highest BCUT2D eigenvalue weighted by Crippen LogP contribution is 2.39. The third-order valence-electron chi connectivity index (χ3n) is 3.98. The number of carbonyl (C=O) groups excluding carboxylic acids is 1. The fourth-order valence-corrected chi connectivity index (χ4v) is 3.79. The van der Waals surface area contributed by atoms with Crippen molar-refractivity contribution < 1.29 is 9.53 Å². The van der Waals surface area contributed by atoms with Crippen molar-refractivity contribution in [2.24, 2.45) is 0 Å². The van der Waals surface area contributed by atoms with Crippen molar-refractivity contribution >= 4 is 17.5 Å². The average molecular weight is 348 g/mol. The van der Waals surface area contributed by atoms with Crippen molar-refractivity contribution in [3.05, 3.63) is 96.1 Å². The molecule has 0 aromatic heterocycles. The molecule has 0 spiro atoms. The smallest absolute Gasteiger partial charge is 0.164 e. The van der Waals surface area contributed by atoms with Gasteiger partial charge in [0, 0.05) is 22.1 Å². The summed E-state index contributed by atoms with van der Waals surface area (Å²) in [5, 5.41) is 0.0565. The van der Waals surface area contributed by atoms with Crippen LogP contribution in [0.15, 0.2) is 89.8 Å². The predicted octanol–water partition coefficient (Wildman–Crippen LogP) is 5.80. The van der Waals surface area contributed by atoms with Crippen LogP contribution in [0.4, 0.5) is 0 Å². The van der Waals surface area contributed by atoms with Crippen LogP contribution in [-0.4, -0.2) is 12.9 Å². The first kappa shape index (κ1) is 17.3. The van der Waals surface area contributed by atoms with Crippen LogP contribution in [0.2, 0.25) is 0 Å². The second-order valence-corrected chi connectivity index (χ2v) is 6.96. The zero-order valence-corrected chi connectivity index (χ0v) is 14.9. The molecule has 126 valence electrons. The number of ether oxygens (including phenoxy) is 1. The standard InChI is InChI=1S/C22H20O2S/c1-24-19-14-12-18(13-15-19)22(25-20-10-6-3-7-11-20)16-21(23)17-8-4-2-5-9-17/h2-15,22H,16H2,1H3. The maximum absolute atomic E-state index is 12.7. The van der Waals surface area contributed by atoms with Crippen LogP contribution in [0.3, 0.4) is 0 Å². The molecule has 0 heterocycles. The maximum atomic E-state index is 12.7. The molecule has 0 amide bonds. The molecule has 3 aromatic carbocycles. The van der Waals surface area contributed by atoms with Crippen molar-refractivity contribution in [3.8, 4) is 5.75 Å². The van der Waals surface area contributed by atoms with Crippen molar-refractivity contribution in [1.29, 1.82) is 0 Å². The monoisotopic (exact) mass is 348 g/mol. The van der Waals surface area contributed by atoms with Gasteiger partial charge in [-0.05, 0) is 29.8 Å². The van der Waals surface area contributed by atoms with Gasteiger partial charge >= 0.3 is 0 Å². The Morgan fingerprint density at radius 2 is 1.48 bits per heavy atom. The Labute approximate surface area is 152 Å². The van der Waals surface area contributed by atoms with Crippen LogP contribution in [0.1, 0.15) is 27.6 Å². The Kier molecular flexibility index (Phi) is 5.91. The summed E-state index contributed by atoms with van der Waals surface area (Å²) in [5.74, 6) is 0.978. The zero-order valence-electron chi connectivity index (χ0n) is 14.1. The SMILES string of the molecule is COc1ccc(C(CC(=O)c2ccccc2)Sc2ccccc2)cc1. The van der Waals surface area contributed by atoms with E-state index in [-0.39, 0.29) is 11.0 Å². The molecule has 0 aliphatic heterocycles. The summed E-state index contributed by atoms with van der Waals surface area (Å²) in [6.45, 7) is 0. The van der Waals surface area contributed by atoms with E-state index in [2.05, 4.69) is 12.1 Å². The van der Waals surface area contributed by atoms with Gasteiger partial charge in [0.05, 0.1) is 7.11 Å². The Hall–Kier alpha value is -2.52. The molecule has 0 saturated heterocycles. The third kappa shape index (κ3) is 4.74. The first-order valence-corrected chi connectivity index (χ1v) is 9.08. The van der Waals surface area contributed by atoms with E-state index in [1.54, 1.807) is 18.9 Å². The van der Waals surface area contributed by atoms with Gasteiger partial charge in [-0.1, -0.05) is 60.7 Å². The van der Waals surface area contributed by atoms with E-state index >= 15 is 0 Å². The van der Waals surface area contributed by atoms with E-state index in [4.69, 9.17) is 4.74 Å². The molecule has 0 N–H and O–H groups in total. The first-order chi connectivity index (χ1) is 12.3. The molecule has 3 aromatic rings. The van der Waals surface area contributed by atoms with Crippen LogP contribution in [0, 0.1) is 0 Å². The van der Waals surface area contributed by atoms with Crippen LogP contribution < -0.4 is 4.74 Å². The molecule has 0 bridgehead atoms. The number of Topliss-reactive ketones (excluding diaryl/α,β-unsaturated/α-hetero) is 1. The van der Waals surface area contributed by atoms with Crippen LogP contribution in [-0.2, 0) is 0 Å². The molecule has 0 aliphatic rings. The fraction of sp³-hybridized carbons (Fsp3) is 0.136. The topological polar surface area (TPSA) is 26.3 Å². The molecular formula is C22H20O2S. The van der Waals surface area contributed by atoms with Crippen molar-refractivity contribution in [2.75, 3.05) is 7.11 Å². The molecular weight excluding hydrogens is 328 g/mol. The summed E-state index contributed by atoms with van der Waals surface area (Å²) >= 11 is 1.72. The number of thioether (sulfide) groups is 1. The maximum Gasteiger partial charge on any atom is 0.164 e. The highest BCUT2D eigenvalue weighted by atomic mass is 32.2. The molecule has 0 fully saturated rings. The zero-order chi connectivity index (χ0) is 17.5. The van der Waals surface area contributed by atoms with Crippen molar-refractivity contribution in [3.63, 3.8) is 0 Å². The molecule has 3 rings (SSSR count). The molecule has 0 aliphatic carbocycles. The van der Waals surface area contributed by atoms with Gasteiger partial charge in [-0.15, -0.1) is 11.8 Å². The van der Waals surface area contributed by atoms with E-state index in [1.165, 1.54) is 0 Å². The van der Waals surface area contributed by atoms with Gasteiger partial charge in [-0.2, -0.15) is 0 Å². The lowest BCUT2D eigenvalue weighted by Crippen LogP contribution is -2.05. The second-order valence-electron chi connectivity index (χ2n) is 5.69. The quantitative estimate of drug-likeness (QED) is 0.398. The summed E-state index contributed by atoms with van der Waals surface area (Å²) in [6, 6.07) is 27.7. The van der Waals surface area contributed by atoms with Crippen LogP contribution in [0.25, 0.3) is 0 Å². The molecule has 1 atom stereocenters. The van der Waals surface area contributed by atoms with Gasteiger partial charge in [0.15, 0.2) is 5.78 Å². The van der Waals surface area contributed by atoms with E-state index in [9.17, 15) is 4.79 Å². The average Bonchev–Trinajstić information content (AvgIpc) is 2.69.